The van der Waals surface area contributed by atoms with Gasteiger partial charge in [0.2, 0.25) is 5.91 Å². The van der Waals surface area contributed by atoms with E-state index < -0.39 is 9.84 Å². The summed E-state index contributed by atoms with van der Waals surface area (Å²) in [6.07, 6.45) is 0.466. The van der Waals surface area contributed by atoms with Crippen molar-refractivity contribution in [3.05, 3.63) is 30.1 Å². The summed E-state index contributed by atoms with van der Waals surface area (Å²) in [6.45, 7) is 0. The van der Waals surface area contributed by atoms with Crippen LogP contribution in [0.3, 0.4) is 0 Å². The average Bonchev–Trinajstić information content (AvgIpc) is 2.78. The van der Waals surface area contributed by atoms with Crippen molar-refractivity contribution in [3.63, 3.8) is 0 Å². The number of benzene rings is 1. The standard InChI is InChI=1S/C14H19FN2O3S2/c1-16(2)17(12-7-8-22(19,20)10-12)14(18)9-21-13-5-3-11(15)4-6-13/h3-6,12H,7-10H2,1-2H3/t12-/m0/s1. The summed E-state index contributed by atoms with van der Waals surface area (Å²) in [5.74, 6) is -0.151. The number of halogens is 1. The minimum absolute atomic E-state index is 0.0120. The Balaban J connectivity index is 2.00. The number of thioether (sulfide) groups is 1. The van der Waals surface area contributed by atoms with Gasteiger partial charge in [0.1, 0.15) is 5.82 Å². The molecule has 1 heterocycles. The number of carbonyl (C=O) groups excluding carboxylic acids is 1. The van der Waals surface area contributed by atoms with Gasteiger partial charge in [-0.3, -0.25) is 9.80 Å². The second-order valence-corrected chi connectivity index (χ2v) is 8.66. The van der Waals surface area contributed by atoms with Gasteiger partial charge in [-0.2, -0.15) is 0 Å². The number of amides is 1. The van der Waals surface area contributed by atoms with Gasteiger partial charge in [-0.05, 0) is 30.7 Å². The van der Waals surface area contributed by atoms with Crippen LogP contribution in [0.4, 0.5) is 4.39 Å². The zero-order valence-electron chi connectivity index (χ0n) is 12.5. The molecule has 1 aromatic carbocycles. The highest BCUT2D eigenvalue weighted by Crippen LogP contribution is 2.22. The molecule has 1 aliphatic heterocycles. The van der Waals surface area contributed by atoms with E-state index in [9.17, 15) is 17.6 Å². The molecule has 0 radical (unpaired) electrons. The van der Waals surface area contributed by atoms with Crippen molar-refractivity contribution in [3.8, 4) is 0 Å². The highest BCUT2D eigenvalue weighted by molar-refractivity contribution is 8.00. The number of nitrogens with zero attached hydrogens (tertiary/aromatic N) is 2. The molecule has 0 saturated carbocycles. The molecule has 1 saturated heterocycles. The Hall–Kier alpha value is -1.12. The maximum atomic E-state index is 12.8. The molecule has 5 nitrogen and oxygen atoms in total. The smallest absolute Gasteiger partial charge is 0.247 e. The van der Waals surface area contributed by atoms with Crippen LogP contribution >= 0.6 is 11.8 Å². The number of sulfone groups is 1. The lowest BCUT2D eigenvalue weighted by Crippen LogP contribution is -2.50. The second kappa shape index (κ2) is 6.97. The van der Waals surface area contributed by atoms with Crippen LogP contribution in [0.2, 0.25) is 0 Å². The fourth-order valence-corrected chi connectivity index (χ4v) is 4.91. The quantitative estimate of drug-likeness (QED) is 0.596. The van der Waals surface area contributed by atoms with Crippen LogP contribution in [0.5, 0.6) is 0 Å². The van der Waals surface area contributed by atoms with Crippen LogP contribution in [0, 0.1) is 5.82 Å². The molecule has 1 aliphatic rings. The van der Waals surface area contributed by atoms with Crippen LogP contribution < -0.4 is 0 Å². The molecule has 0 aromatic heterocycles. The Bertz CT molecular complexity index is 632. The van der Waals surface area contributed by atoms with Crippen LogP contribution in [-0.4, -0.2) is 61.7 Å². The van der Waals surface area contributed by atoms with Gasteiger partial charge >= 0.3 is 0 Å². The number of hydrogen-bond donors (Lipinski definition) is 0. The van der Waals surface area contributed by atoms with Crippen LogP contribution in [0.25, 0.3) is 0 Å². The molecule has 22 heavy (non-hydrogen) atoms. The van der Waals surface area contributed by atoms with E-state index in [4.69, 9.17) is 0 Å². The minimum Gasteiger partial charge on any atom is -0.272 e. The van der Waals surface area contributed by atoms with Crippen molar-refractivity contribution in [2.75, 3.05) is 31.4 Å². The fraction of sp³-hybridized carbons (Fsp3) is 0.500. The van der Waals surface area contributed by atoms with E-state index in [1.807, 2.05) is 0 Å². The molecule has 1 aromatic rings. The zero-order chi connectivity index (χ0) is 16.3. The summed E-state index contributed by atoms with van der Waals surface area (Å²) in [7, 11) is 0.407. The number of hydrogen-bond acceptors (Lipinski definition) is 5. The maximum absolute atomic E-state index is 12.8. The molecule has 0 unspecified atom stereocenters. The number of hydrazine groups is 1. The van der Waals surface area contributed by atoms with Crippen molar-refractivity contribution < 1.29 is 17.6 Å². The van der Waals surface area contributed by atoms with Gasteiger partial charge in [0, 0.05) is 19.0 Å². The van der Waals surface area contributed by atoms with E-state index in [1.54, 1.807) is 31.2 Å². The largest absolute Gasteiger partial charge is 0.272 e. The molecule has 8 heteroatoms. The van der Waals surface area contributed by atoms with E-state index in [0.29, 0.717) is 6.42 Å². The molecule has 0 bridgehead atoms. The van der Waals surface area contributed by atoms with Crippen LogP contribution in [-0.2, 0) is 14.6 Å². The molecule has 2 rings (SSSR count). The highest BCUT2D eigenvalue weighted by atomic mass is 32.2. The Morgan fingerprint density at radius 2 is 1.95 bits per heavy atom. The van der Waals surface area contributed by atoms with Gasteiger partial charge in [0.05, 0.1) is 23.3 Å². The molecular weight excluding hydrogens is 327 g/mol. The van der Waals surface area contributed by atoms with E-state index >= 15 is 0 Å². The van der Waals surface area contributed by atoms with Gasteiger partial charge in [-0.25, -0.2) is 17.8 Å². The topological polar surface area (TPSA) is 57.7 Å². The first-order valence-electron chi connectivity index (χ1n) is 6.86. The van der Waals surface area contributed by atoms with E-state index in [-0.39, 0.29) is 35.0 Å². The van der Waals surface area contributed by atoms with Crippen molar-refractivity contribution in [2.45, 2.75) is 17.4 Å². The van der Waals surface area contributed by atoms with Gasteiger partial charge in [0.15, 0.2) is 9.84 Å². The summed E-state index contributed by atoms with van der Waals surface area (Å²) in [4.78, 5) is 13.2. The highest BCUT2D eigenvalue weighted by Gasteiger charge is 2.35. The molecule has 122 valence electrons. The third-order valence-electron chi connectivity index (χ3n) is 3.42. The Morgan fingerprint density at radius 3 is 2.45 bits per heavy atom. The second-order valence-electron chi connectivity index (χ2n) is 5.38. The Morgan fingerprint density at radius 1 is 1.32 bits per heavy atom. The van der Waals surface area contributed by atoms with Gasteiger partial charge < -0.3 is 0 Å². The van der Waals surface area contributed by atoms with E-state index in [2.05, 4.69) is 0 Å². The first-order chi connectivity index (χ1) is 10.3. The summed E-state index contributed by atoms with van der Waals surface area (Å²) in [5.41, 5.74) is 0. The monoisotopic (exact) mass is 346 g/mol. The minimum atomic E-state index is -3.05. The molecule has 1 fully saturated rings. The van der Waals surface area contributed by atoms with Crippen molar-refractivity contribution >= 4 is 27.5 Å². The van der Waals surface area contributed by atoms with Crippen LogP contribution in [0.15, 0.2) is 29.2 Å². The van der Waals surface area contributed by atoms with Gasteiger partial charge in [0.25, 0.3) is 0 Å². The summed E-state index contributed by atoms with van der Waals surface area (Å²) in [5, 5.41) is 3.15. The van der Waals surface area contributed by atoms with Gasteiger partial charge in [-0.15, -0.1) is 11.8 Å². The summed E-state index contributed by atoms with van der Waals surface area (Å²) in [6, 6.07) is 5.63. The lowest BCUT2D eigenvalue weighted by Gasteiger charge is -2.33. The molecule has 0 N–H and O–H groups in total. The molecule has 0 aliphatic carbocycles. The Kier molecular flexibility index (Phi) is 5.46. The van der Waals surface area contributed by atoms with Crippen molar-refractivity contribution in [1.29, 1.82) is 0 Å². The molecule has 1 amide bonds. The van der Waals surface area contributed by atoms with Gasteiger partial charge in [-0.1, -0.05) is 0 Å². The number of carbonyl (C=O) groups is 1. The molecule has 0 spiro atoms. The zero-order valence-corrected chi connectivity index (χ0v) is 14.2. The normalized spacial score (nSPS) is 20.3. The fourth-order valence-electron chi connectivity index (χ4n) is 2.46. The summed E-state index contributed by atoms with van der Waals surface area (Å²) < 4.78 is 36.1. The molecular formula is C14H19FN2O3S2. The van der Waals surface area contributed by atoms with E-state index in [1.165, 1.54) is 28.9 Å². The molecule has 1 atom stereocenters. The first-order valence-corrected chi connectivity index (χ1v) is 9.67. The van der Waals surface area contributed by atoms with Crippen LogP contribution in [0.1, 0.15) is 6.42 Å². The lowest BCUT2D eigenvalue weighted by molar-refractivity contribution is -0.145. The third kappa shape index (κ3) is 4.44. The third-order valence-corrected chi connectivity index (χ3v) is 6.16. The summed E-state index contributed by atoms with van der Waals surface area (Å²) >= 11 is 1.31. The van der Waals surface area contributed by atoms with E-state index in [0.717, 1.165) is 4.90 Å². The predicted octanol–water partition coefficient (Wildman–Crippen LogP) is 1.41. The lowest BCUT2D eigenvalue weighted by atomic mass is 10.2. The predicted molar refractivity (Wildman–Crippen MR) is 84.7 cm³/mol. The Labute approximate surface area is 134 Å². The van der Waals surface area contributed by atoms with Crippen molar-refractivity contribution in [1.82, 2.24) is 10.0 Å². The number of rotatable bonds is 5. The van der Waals surface area contributed by atoms with Crippen molar-refractivity contribution in [2.24, 2.45) is 0 Å². The first kappa shape index (κ1) is 17.2. The maximum Gasteiger partial charge on any atom is 0.247 e. The average molecular weight is 346 g/mol. The SMILES string of the molecule is CN(C)N(C(=O)CSc1ccc(F)cc1)[C@H]1CCS(=O)(=O)C1.